The first-order chi connectivity index (χ1) is 16.4. The number of rotatable bonds is 6. The number of benzene rings is 2. The van der Waals surface area contributed by atoms with Crippen LogP contribution in [0.25, 0.3) is 0 Å². The van der Waals surface area contributed by atoms with Crippen LogP contribution in [0.4, 0.5) is 0 Å². The number of carbonyl (C=O) groups is 2. The lowest BCUT2D eigenvalue weighted by atomic mass is 9.78. The van der Waals surface area contributed by atoms with E-state index in [4.69, 9.17) is 15.9 Å². The maximum absolute atomic E-state index is 13.2. The summed E-state index contributed by atoms with van der Waals surface area (Å²) in [5, 5.41) is 7.81. The van der Waals surface area contributed by atoms with Crippen LogP contribution in [0.5, 0.6) is 0 Å². The van der Waals surface area contributed by atoms with Gasteiger partial charge in [0.25, 0.3) is 5.91 Å². The SMILES string of the molecule is CN(C)C(=O)c1cccc(C(C2=CC=CC(=O)C2c2cccc(C(=N)N)c2)N2C=COC=C2)c1. The minimum atomic E-state index is -0.577. The quantitative estimate of drug-likeness (QED) is 0.510. The van der Waals surface area contributed by atoms with Crippen LogP contribution in [0.2, 0.25) is 0 Å². The predicted molar refractivity (Wildman–Crippen MR) is 131 cm³/mol. The molecule has 1 heterocycles. The van der Waals surface area contributed by atoms with Crippen LogP contribution >= 0.6 is 0 Å². The Morgan fingerprint density at radius 3 is 2.50 bits per heavy atom. The van der Waals surface area contributed by atoms with Crippen molar-refractivity contribution in [1.82, 2.24) is 9.80 Å². The predicted octanol–water partition coefficient (Wildman–Crippen LogP) is 3.84. The Morgan fingerprint density at radius 1 is 1.09 bits per heavy atom. The van der Waals surface area contributed by atoms with E-state index in [9.17, 15) is 9.59 Å². The third-order valence-electron chi connectivity index (χ3n) is 5.79. The first-order valence-corrected chi connectivity index (χ1v) is 10.8. The molecule has 172 valence electrons. The maximum atomic E-state index is 13.2. The minimum Gasteiger partial charge on any atom is -0.470 e. The molecule has 0 radical (unpaired) electrons. The number of carbonyl (C=O) groups excluding carboxylic acids is 2. The Hall–Kier alpha value is -4.39. The van der Waals surface area contributed by atoms with Crippen LogP contribution < -0.4 is 5.73 Å². The zero-order chi connectivity index (χ0) is 24.2. The summed E-state index contributed by atoms with van der Waals surface area (Å²) in [6.45, 7) is 0. The highest BCUT2D eigenvalue weighted by Gasteiger charge is 2.34. The molecule has 1 amide bonds. The molecule has 7 nitrogen and oxygen atoms in total. The second kappa shape index (κ2) is 9.62. The van der Waals surface area contributed by atoms with Gasteiger partial charge in [0.1, 0.15) is 18.4 Å². The molecule has 2 atom stereocenters. The van der Waals surface area contributed by atoms with Gasteiger partial charge in [-0.25, -0.2) is 0 Å². The molecule has 0 saturated heterocycles. The summed E-state index contributed by atoms with van der Waals surface area (Å²) in [7, 11) is 3.43. The molecule has 0 aromatic heterocycles. The largest absolute Gasteiger partial charge is 0.470 e. The number of nitrogen functional groups attached to an aromatic ring is 1. The molecular weight excluding hydrogens is 428 g/mol. The Kier molecular flexibility index (Phi) is 6.45. The Labute approximate surface area is 198 Å². The summed E-state index contributed by atoms with van der Waals surface area (Å²) in [6.07, 6.45) is 12.0. The van der Waals surface area contributed by atoms with Crippen molar-refractivity contribution in [3.8, 4) is 0 Å². The van der Waals surface area contributed by atoms with Gasteiger partial charge in [-0.1, -0.05) is 42.5 Å². The third kappa shape index (κ3) is 4.54. The number of hydrogen-bond donors (Lipinski definition) is 2. The highest BCUT2D eigenvalue weighted by Crippen LogP contribution is 2.41. The number of nitrogens with zero attached hydrogens (tertiary/aromatic N) is 2. The van der Waals surface area contributed by atoms with E-state index in [1.807, 2.05) is 35.2 Å². The van der Waals surface area contributed by atoms with E-state index in [1.165, 1.54) is 4.90 Å². The monoisotopic (exact) mass is 454 g/mol. The molecule has 2 aromatic carbocycles. The Balaban J connectivity index is 1.85. The summed E-state index contributed by atoms with van der Waals surface area (Å²) >= 11 is 0. The lowest BCUT2D eigenvalue weighted by Gasteiger charge is -2.35. The van der Waals surface area contributed by atoms with Gasteiger partial charge >= 0.3 is 0 Å². The smallest absolute Gasteiger partial charge is 0.253 e. The number of nitrogens with two attached hydrogens (primary N) is 1. The molecule has 1 aliphatic carbocycles. The molecule has 1 aliphatic heterocycles. The Bertz CT molecular complexity index is 1240. The van der Waals surface area contributed by atoms with Gasteiger partial charge < -0.3 is 20.3 Å². The van der Waals surface area contributed by atoms with Gasteiger partial charge in [0.05, 0.1) is 12.0 Å². The summed E-state index contributed by atoms with van der Waals surface area (Å²) in [6, 6.07) is 14.3. The average Bonchev–Trinajstić information content (AvgIpc) is 2.85. The molecule has 34 heavy (non-hydrogen) atoms. The molecular formula is C27H26N4O3. The molecule has 3 N–H and O–H groups in total. The van der Waals surface area contributed by atoms with E-state index in [0.717, 1.165) is 16.7 Å². The van der Waals surface area contributed by atoms with Gasteiger partial charge in [0.15, 0.2) is 5.78 Å². The Morgan fingerprint density at radius 2 is 1.79 bits per heavy atom. The fourth-order valence-corrected chi connectivity index (χ4v) is 4.22. The third-order valence-corrected chi connectivity index (χ3v) is 5.79. The maximum Gasteiger partial charge on any atom is 0.253 e. The van der Waals surface area contributed by atoms with Crippen LogP contribution in [0.15, 0.2) is 97.3 Å². The number of ketones is 1. The van der Waals surface area contributed by atoms with Crippen LogP contribution in [-0.4, -0.2) is 41.4 Å². The molecule has 2 aromatic rings. The molecule has 0 fully saturated rings. The van der Waals surface area contributed by atoms with E-state index in [2.05, 4.69) is 0 Å². The van der Waals surface area contributed by atoms with Crippen molar-refractivity contribution in [2.75, 3.05) is 14.1 Å². The summed E-state index contributed by atoms with van der Waals surface area (Å²) in [5.74, 6) is -0.804. The normalized spacial score (nSPS) is 17.7. The number of nitrogens with one attached hydrogen (secondary N) is 1. The van der Waals surface area contributed by atoms with Crippen molar-refractivity contribution < 1.29 is 14.3 Å². The van der Waals surface area contributed by atoms with Gasteiger partial charge in [-0.3, -0.25) is 15.0 Å². The van der Waals surface area contributed by atoms with Crippen molar-refractivity contribution in [2.45, 2.75) is 12.0 Å². The van der Waals surface area contributed by atoms with Crippen LogP contribution in [-0.2, 0) is 9.53 Å². The minimum absolute atomic E-state index is 0.0586. The topological polar surface area (TPSA) is 99.7 Å². The molecule has 2 unspecified atom stereocenters. The number of hydrogen-bond acceptors (Lipinski definition) is 5. The van der Waals surface area contributed by atoms with Crippen molar-refractivity contribution in [2.24, 2.45) is 5.73 Å². The molecule has 7 heteroatoms. The molecule has 0 saturated carbocycles. The summed E-state index contributed by atoms with van der Waals surface area (Å²) < 4.78 is 5.24. The van der Waals surface area contributed by atoms with Gasteiger partial charge in [0, 0.05) is 37.6 Å². The summed E-state index contributed by atoms with van der Waals surface area (Å²) in [4.78, 5) is 29.4. The van der Waals surface area contributed by atoms with E-state index in [0.29, 0.717) is 11.1 Å². The molecule has 0 bridgehead atoms. The van der Waals surface area contributed by atoms with Crippen molar-refractivity contribution in [3.63, 3.8) is 0 Å². The highest BCUT2D eigenvalue weighted by atomic mass is 16.5. The standard InChI is InChI=1S/C27H26N4O3/c1-30(2)27(33)21-9-4-7-19(17-21)25(31-12-14-34-15-13-31)22-10-5-11-23(32)24(22)18-6-3-8-20(16-18)26(28)29/h3-17,24-25H,1-2H3,(H3,28,29). The molecule has 2 aliphatic rings. The number of allylic oxidation sites excluding steroid dienone is 3. The first-order valence-electron chi connectivity index (χ1n) is 10.8. The van der Waals surface area contributed by atoms with Gasteiger partial charge in [0.2, 0.25) is 0 Å². The van der Waals surface area contributed by atoms with Crippen molar-refractivity contribution >= 4 is 17.5 Å². The van der Waals surface area contributed by atoms with E-state index in [1.54, 1.807) is 75.4 Å². The number of amidine groups is 1. The summed E-state index contributed by atoms with van der Waals surface area (Å²) in [5.41, 5.74) is 9.26. The van der Waals surface area contributed by atoms with Crippen molar-refractivity contribution in [3.05, 3.63) is 120 Å². The zero-order valence-corrected chi connectivity index (χ0v) is 19.0. The molecule has 4 rings (SSSR count). The zero-order valence-electron chi connectivity index (χ0n) is 19.0. The van der Waals surface area contributed by atoms with Gasteiger partial charge in [-0.05, 0) is 41.0 Å². The first kappa shape index (κ1) is 22.8. The number of ether oxygens (including phenoxy) is 1. The van der Waals surface area contributed by atoms with Crippen LogP contribution in [0, 0.1) is 5.41 Å². The van der Waals surface area contributed by atoms with E-state index < -0.39 is 5.92 Å². The van der Waals surface area contributed by atoms with Crippen molar-refractivity contribution in [1.29, 1.82) is 5.41 Å². The highest BCUT2D eigenvalue weighted by molar-refractivity contribution is 6.01. The van der Waals surface area contributed by atoms with Gasteiger partial charge in [-0.2, -0.15) is 0 Å². The van der Waals surface area contributed by atoms with Crippen LogP contribution in [0.1, 0.15) is 39.0 Å². The lowest BCUT2D eigenvalue weighted by Crippen LogP contribution is -2.29. The molecule has 0 spiro atoms. The lowest BCUT2D eigenvalue weighted by molar-refractivity contribution is -0.115. The fourth-order valence-electron chi connectivity index (χ4n) is 4.22. The average molecular weight is 455 g/mol. The van der Waals surface area contributed by atoms with Gasteiger partial charge in [-0.15, -0.1) is 0 Å². The van der Waals surface area contributed by atoms with E-state index >= 15 is 0 Å². The second-order valence-corrected chi connectivity index (χ2v) is 8.28. The van der Waals surface area contributed by atoms with E-state index in [-0.39, 0.29) is 23.6 Å². The fraction of sp³-hybridized carbons (Fsp3) is 0.148. The number of amides is 1. The second-order valence-electron chi connectivity index (χ2n) is 8.28. The van der Waals surface area contributed by atoms with Crippen LogP contribution in [0.3, 0.4) is 0 Å².